The first kappa shape index (κ1) is 36.9. The molecule has 4 heterocycles. The van der Waals surface area contributed by atoms with E-state index in [0.29, 0.717) is 52.1 Å². The molecule has 51 heavy (non-hydrogen) atoms. The summed E-state index contributed by atoms with van der Waals surface area (Å²) in [5.74, 6) is -0.654. The molecular weight excluding hydrogens is 713 g/mol. The van der Waals surface area contributed by atoms with E-state index in [2.05, 4.69) is 17.3 Å². The number of carboxylic acids is 1. The third kappa shape index (κ3) is 8.29. The van der Waals surface area contributed by atoms with Gasteiger partial charge in [0.15, 0.2) is 11.5 Å². The number of hydrogen-bond donors (Lipinski definition) is 3. The van der Waals surface area contributed by atoms with Gasteiger partial charge in [-0.15, -0.1) is 11.3 Å². The van der Waals surface area contributed by atoms with Crippen LogP contribution in [0.3, 0.4) is 0 Å². The molecule has 2 aliphatic heterocycles. The number of esters is 1. The molecule has 10 nitrogen and oxygen atoms in total. The Morgan fingerprint density at radius 3 is 2.27 bits per heavy atom. The van der Waals surface area contributed by atoms with Crippen LogP contribution in [0.1, 0.15) is 74.4 Å². The first-order chi connectivity index (χ1) is 24.6. The molecule has 0 spiro atoms. The number of rotatable bonds is 14. The molecule has 2 fully saturated rings. The van der Waals surface area contributed by atoms with Gasteiger partial charge in [-0.2, -0.15) is 0 Å². The molecule has 0 saturated carbocycles. The summed E-state index contributed by atoms with van der Waals surface area (Å²) < 4.78 is 17.8. The maximum atomic E-state index is 13.7. The van der Waals surface area contributed by atoms with E-state index in [-0.39, 0.29) is 33.9 Å². The highest BCUT2D eigenvalue weighted by Crippen LogP contribution is 2.41. The quantitative estimate of drug-likeness (QED) is 0.0716. The van der Waals surface area contributed by atoms with E-state index in [0.717, 1.165) is 40.0 Å². The third-order valence-electron chi connectivity index (χ3n) is 10.2. The number of fused-ring (bicyclic) bond motifs is 2. The van der Waals surface area contributed by atoms with Crippen molar-refractivity contribution < 1.29 is 38.8 Å². The summed E-state index contributed by atoms with van der Waals surface area (Å²) in [4.78, 5) is 29.8. The van der Waals surface area contributed by atoms with Gasteiger partial charge in [0, 0.05) is 39.7 Å². The minimum Gasteiger partial charge on any atom is -0.493 e. The number of thiophene rings is 1. The molecule has 2 aliphatic rings. The van der Waals surface area contributed by atoms with Gasteiger partial charge >= 0.3 is 11.9 Å². The number of pyridine rings is 1. The van der Waals surface area contributed by atoms with Crippen molar-refractivity contribution in [3.8, 4) is 11.5 Å². The Hall–Kier alpha value is -3.87. The summed E-state index contributed by atoms with van der Waals surface area (Å²) in [5, 5.41) is 24.3. The lowest BCUT2D eigenvalue weighted by Crippen LogP contribution is -2.41. The van der Waals surface area contributed by atoms with Crippen molar-refractivity contribution in [3.05, 3.63) is 109 Å². The molecular formula is C38H42Cl2N3O7S+. The fraction of sp³-hybridized carbons (Fsp3) is 0.395. The minimum absolute atomic E-state index is 0.141. The van der Waals surface area contributed by atoms with Gasteiger partial charge in [0.2, 0.25) is 12.4 Å². The molecule has 4 aromatic rings. The molecule has 0 radical (unpaired) electrons. The molecule has 2 aromatic carbocycles. The smallest absolute Gasteiger partial charge is 0.346 e. The Morgan fingerprint density at radius 2 is 1.65 bits per heavy atom. The summed E-state index contributed by atoms with van der Waals surface area (Å²) >= 11 is 14.3. The molecule has 3 N–H and O–H groups in total. The number of nitrogens with one attached hydrogen (secondary N) is 1. The lowest BCUT2D eigenvalue weighted by molar-refractivity contribution is -0.904. The second-order valence-corrected chi connectivity index (χ2v) is 15.2. The lowest BCUT2D eigenvalue weighted by Gasteiger charge is -2.36. The highest BCUT2D eigenvalue weighted by Gasteiger charge is 2.39. The first-order valence-electron chi connectivity index (χ1n) is 16.9. The SMILES string of the molecule is COc1ccc([C@H](Cc2c(Cl)c[n+](O)cc2Cl)c2cc(CNC(C(=O)OCC3C[C@H]4CC[C@@H](C3)N4C)c3ccccc3)sc2C(=O)O)cc1OC. The summed E-state index contributed by atoms with van der Waals surface area (Å²) in [6.45, 7) is 0.596. The predicted molar refractivity (Wildman–Crippen MR) is 194 cm³/mol. The number of halogens is 2. The van der Waals surface area contributed by atoms with E-state index < -0.39 is 17.9 Å². The Morgan fingerprint density at radius 1 is 0.980 bits per heavy atom. The maximum Gasteiger partial charge on any atom is 0.346 e. The van der Waals surface area contributed by atoms with Gasteiger partial charge in [0.05, 0.1) is 20.8 Å². The molecule has 0 aliphatic carbocycles. The van der Waals surface area contributed by atoms with Crippen LogP contribution < -0.4 is 19.5 Å². The second-order valence-electron chi connectivity index (χ2n) is 13.2. The number of aromatic nitrogens is 1. The Kier molecular flexibility index (Phi) is 11.7. The van der Waals surface area contributed by atoms with E-state index in [4.69, 9.17) is 37.4 Å². The summed E-state index contributed by atoms with van der Waals surface area (Å²) in [5.41, 5.74) is 2.59. The molecule has 13 heteroatoms. The van der Waals surface area contributed by atoms with Crippen LogP contribution >= 0.6 is 34.5 Å². The standard InChI is InChI=1S/C38H41Cl2N3O7S/c1-42-25-10-11-26(42)14-22(13-25)21-50-38(46)35(23-7-5-4-6-8-23)41-18-27-16-29(36(51-27)37(44)45)28(17-30-31(39)19-43(47)20-32(30)40)24-9-12-33(48-2)34(15-24)49-3/h4-9,12,15-16,19-20,22,25-26,28,35,41H,10-11,13-14,17-18,21H2,1-3H3,(H-,44,45,47)/p+1/t22?,25-,26+,28-,35?/m0/s1. The molecule has 2 aromatic heterocycles. The van der Waals surface area contributed by atoms with E-state index in [1.165, 1.54) is 32.3 Å². The summed E-state index contributed by atoms with van der Waals surface area (Å²) in [6, 6.07) is 17.0. The van der Waals surface area contributed by atoms with Gasteiger partial charge in [-0.1, -0.05) is 59.6 Å². The van der Waals surface area contributed by atoms with Gasteiger partial charge in [-0.3, -0.25) is 10.5 Å². The molecule has 2 unspecified atom stereocenters. The average Bonchev–Trinajstić information content (AvgIpc) is 3.61. The van der Waals surface area contributed by atoms with Gasteiger partial charge in [0.25, 0.3) is 0 Å². The maximum absolute atomic E-state index is 13.7. The van der Waals surface area contributed by atoms with E-state index in [9.17, 15) is 19.9 Å². The predicted octanol–water partition coefficient (Wildman–Crippen LogP) is 6.92. The van der Waals surface area contributed by atoms with Crippen LogP contribution in [0.5, 0.6) is 11.5 Å². The molecule has 6 rings (SSSR count). The van der Waals surface area contributed by atoms with Crippen LogP contribution in [0.4, 0.5) is 0 Å². The normalized spacial score (nSPS) is 19.7. The number of ether oxygens (including phenoxy) is 3. The second kappa shape index (κ2) is 16.2. The number of hydrogen-bond acceptors (Lipinski definition) is 9. The van der Waals surface area contributed by atoms with Crippen LogP contribution in [0.25, 0.3) is 0 Å². The van der Waals surface area contributed by atoms with Crippen LogP contribution in [0.15, 0.2) is 67.0 Å². The Balaban J connectivity index is 1.28. The van der Waals surface area contributed by atoms with E-state index >= 15 is 0 Å². The lowest BCUT2D eigenvalue weighted by atomic mass is 9.85. The highest BCUT2D eigenvalue weighted by molar-refractivity contribution is 7.14. The highest BCUT2D eigenvalue weighted by atomic mass is 35.5. The van der Waals surface area contributed by atoms with Crippen molar-refractivity contribution in [3.63, 3.8) is 0 Å². The third-order valence-corrected chi connectivity index (χ3v) is 12.0. The fourth-order valence-electron chi connectivity index (χ4n) is 7.52. The van der Waals surface area contributed by atoms with Crippen molar-refractivity contribution >= 4 is 46.5 Å². The van der Waals surface area contributed by atoms with Gasteiger partial charge in [-0.25, -0.2) is 9.59 Å². The number of nitrogens with zero attached hydrogens (tertiary/aromatic N) is 2. The number of aromatic carboxylic acids is 1. The van der Waals surface area contributed by atoms with Crippen LogP contribution in [-0.2, 0) is 22.5 Å². The summed E-state index contributed by atoms with van der Waals surface area (Å²) in [7, 11) is 5.27. The monoisotopic (exact) mass is 754 g/mol. The topological polar surface area (TPSA) is 121 Å². The van der Waals surface area contributed by atoms with Crippen molar-refractivity contribution in [2.24, 2.45) is 5.92 Å². The zero-order valence-corrected chi connectivity index (χ0v) is 31.0. The van der Waals surface area contributed by atoms with E-state index in [1.807, 2.05) is 42.5 Å². The largest absolute Gasteiger partial charge is 0.493 e. The Bertz CT molecular complexity index is 1840. The van der Waals surface area contributed by atoms with Crippen molar-refractivity contribution in [1.29, 1.82) is 0 Å². The van der Waals surface area contributed by atoms with Crippen molar-refractivity contribution in [2.45, 2.75) is 62.7 Å². The Labute approximate surface area is 311 Å². The molecule has 5 atom stereocenters. The number of carbonyl (C=O) groups is 2. The number of methoxy groups -OCH3 is 2. The number of benzene rings is 2. The minimum atomic E-state index is -1.09. The van der Waals surface area contributed by atoms with Crippen LogP contribution in [0, 0.1) is 5.92 Å². The van der Waals surface area contributed by atoms with Crippen molar-refractivity contribution in [1.82, 2.24) is 10.2 Å². The molecule has 0 amide bonds. The number of carbonyl (C=O) groups excluding carboxylic acids is 1. The molecule has 270 valence electrons. The molecule has 2 saturated heterocycles. The van der Waals surface area contributed by atoms with Gasteiger partial charge in [0.1, 0.15) is 21.0 Å². The van der Waals surface area contributed by atoms with E-state index in [1.54, 1.807) is 19.2 Å². The van der Waals surface area contributed by atoms with Gasteiger partial charge in [-0.05, 0) is 80.0 Å². The fourth-order valence-corrected chi connectivity index (χ4v) is 9.13. The van der Waals surface area contributed by atoms with Crippen molar-refractivity contribution in [2.75, 3.05) is 27.9 Å². The first-order valence-corrected chi connectivity index (χ1v) is 18.5. The average molecular weight is 756 g/mol. The van der Waals surface area contributed by atoms with Gasteiger partial charge < -0.3 is 24.2 Å². The molecule has 2 bridgehead atoms. The zero-order chi connectivity index (χ0) is 36.2. The number of carboxylic acid groups (broad SMARTS) is 1. The number of piperidine rings is 1. The zero-order valence-electron chi connectivity index (χ0n) is 28.7. The van der Waals surface area contributed by atoms with Crippen LogP contribution in [0.2, 0.25) is 10.0 Å². The summed E-state index contributed by atoms with van der Waals surface area (Å²) in [6.07, 6.45) is 7.32. The van der Waals surface area contributed by atoms with Crippen LogP contribution in [-0.4, -0.2) is 67.1 Å².